The number of imidazole rings is 1. The van der Waals surface area contributed by atoms with E-state index in [9.17, 15) is 0 Å². The minimum absolute atomic E-state index is 0.319. The standard InChI is InChI=1S/C18H25N5O/c1-22-14-21-10-16(22)11-23-4-2-18(3-5-23)7-17(24-12-18)6-15-8-19-13-20-9-15/h8-10,13-14,17H,2-7,11-12H2,1H3. The second-order valence-corrected chi connectivity index (χ2v) is 7.36. The smallest absolute Gasteiger partial charge is 0.115 e. The molecule has 24 heavy (non-hydrogen) atoms. The zero-order valence-corrected chi connectivity index (χ0v) is 14.3. The topological polar surface area (TPSA) is 56.1 Å². The summed E-state index contributed by atoms with van der Waals surface area (Å²) in [6.07, 6.45) is 14.1. The summed E-state index contributed by atoms with van der Waals surface area (Å²) >= 11 is 0. The third kappa shape index (κ3) is 3.35. The third-order valence-electron chi connectivity index (χ3n) is 5.58. The predicted octanol–water partition coefficient (Wildman–Crippen LogP) is 1.82. The number of hydrogen-bond acceptors (Lipinski definition) is 5. The number of likely N-dealkylation sites (tertiary alicyclic amines) is 1. The van der Waals surface area contributed by atoms with Crippen LogP contribution in [0.25, 0.3) is 0 Å². The van der Waals surface area contributed by atoms with E-state index in [-0.39, 0.29) is 0 Å². The molecule has 0 bridgehead atoms. The average molecular weight is 327 g/mol. The van der Waals surface area contributed by atoms with Crippen LogP contribution in [-0.4, -0.2) is 50.2 Å². The fourth-order valence-corrected chi connectivity index (χ4v) is 4.02. The first-order valence-corrected chi connectivity index (χ1v) is 8.76. The molecule has 0 amide bonds. The summed E-state index contributed by atoms with van der Waals surface area (Å²) < 4.78 is 8.23. The molecule has 0 aliphatic carbocycles. The van der Waals surface area contributed by atoms with Crippen LogP contribution in [0.1, 0.15) is 30.5 Å². The zero-order valence-electron chi connectivity index (χ0n) is 14.3. The van der Waals surface area contributed by atoms with E-state index in [1.807, 2.05) is 24.9 Å². The van der Waals surface area contributed by atoms with Crippen LogP contribution in [0.5, 0.6) is 0 Å². The van der Waals surface area contributed by atoms with Crippen molar-refractivity contribution in [2.75, 3.05) is 19.7 Å². The molecule has 2 aromatic rings. The van der Waals surface area contributed by atoms with E-state index in [1.165, 1.54) is 30.5 Å². The predicted molar refractivity (Wildman–Crippen MR) is 90.2 cm³/mol. The van der Waals surface area contributed by atoms with Gasteiger partial charge in [0.05, 0.1) is 24.7 Å². The van der Waals surface area contributed by atoms with Gasteiger partial charge in [-0.1, -0.05) is 0 Å². The molecule has 0 radical (unpaired) electrons. The summed E-state index contributed by atoms with van der Waals surface area (Å²) in [4.78, 5) is 15.0. The van der Waals surface area contributed by atoms with Crippen LogP contribution in [-0.2, 0) is 24.8 Å². The fraction of sp³-hybridized carbons (Fsp3) is 0.611. The Balaban J connectivity index is 1.30. The Morgan fingerprint density at radius 2 is 1.96 bits per heavy atom. The van der Waals surface area contributed by atoms with Crippen molar-refractivity contribution in [1.29, 1.82) is 0 Å². The highest BCUT2D eigenvalue weighted by molar-refractivity contribution is 5.06. The minimum Gasteiger partial charge on any atom is -0.377 e. The van der Waals surface area contributed by atoms with Gasteiger partial charge in [-0.3, -0.25) is 4.90 Å². The van der Waals surface area contributed by atoms with Crippen molar-refractivity contribution in [3.05, 3.63) is 42.5 Å². The van der Waals surface area contributed by atoms with E-state index in [0.29, 0.717) is 11.5 Å². The molecule has 2 fully saturated rings. The van der Waals surface area contributed by atoms with Crippen molar-refractivity contribution >= 4 is 0 Å². The van der Waals surface area contributed by atoms with Crippen molar-refractivity contribution in [3.63, 3.8) is 0 Å². The van der Waals surface area contributed by atoms with E-state index in [0.717, 1.165) is 32.7 Å². The first-order chi connectivity index (χ1) is 11.7. The molecule has 2 aromatic heterocycles. The normalized spacial score (nSPS) is 23.8. The summed E-state index contributed by atoms with van der Waals surface area (Å²) in [6.45, 7) is 4.20. The molecule has 4 rings (SSSR count). The maximum Gasteiger partial charge on any atom is 0.115 e. The molecule has 2 aliphatic rings. The Kier molecular flexibility index (Phi) is 4.33. The Bertz CT molecular complexity index is 663. The molecule has 2 saturated heterocycles. The lowest BCUT2D eigenvalue weighted by Crippen LogP contribution is -2.40. The summed E-state index contributed by atoms with van der Waals surface area (Å²) in [6, 6.07) is 0. The maximum atomic E-state index is 6.12. The van der Waals surface area contributed by atoms with Crippen molar-refractivity contribution in [1.82, 2.24) is 24.4 Å². The molecule has 0 saturated carbocycles. The van der Waals surface area contributed by atoms with Crippen molar-refractivity contribution in [2.24, 2.45) is 12.5 Å². The molecule has 1 atom stereocenters. The van der Waals surface area contributed by atoms with Gasteiger partial charge in [0.25, 0.3) is 0 Å². The first kappa shape index (κ1) is 15.7. The van der Waals surface area contributed by atoms with E-state index < -0.39 is 0 Å². The average Bonchev–Trinajstić information content (AvgIpc) is 3.18. The number of aromatic nitrogens is 4. The highest BCUT2D eigenvalue weighted by Crippen LogP contribution is 2.42. The van der Waals surface area contributed by atoms with Gasteiger partial charge in [-0.2, -0.15) is 0 Å². The quantitative estimate of drug-likeness (QED) is 0.857. The van der Waals surface area contributed by atoms with E-state index in [4.69, 9.17) is 4.74 Å². The lowest BCUT2D eigenvalue weighted by molar-refractivity contribution is 0.0625. The first-order valence-electron chi connectivity index (χ1n) is 8.76. The zero-order chi connectivity index (χ0) is 16.4. The van der Waals surface area contributed by atoms with Gasteiger partial charge in [0.15, 0.2) is 0 Å². The van der Waals surface area contributed by atoms with Crippen LogP contribution in [0.2, 0.25) is 0 Å². The molecular weight excluding hydrogens is 302 g/mol. The number of ether oxygens (including phenoxy) is 1. The van der Waals surface area contributed by atoms with Gasteiger partial charge in [-0.25, -0.2) is 15.0 Å². The van der Waals surface area contributed by atoms with Crippen LogP contribution in [0, 0.1) is 5.41 Å². The van der Waals surface area contributed by atoms with Crippen LogP contribution in [0.4, 0.5) is 0 Å². The second kappa shape index (κ2) is 6.61. The molecule has 1 spiro atoms. The second-order valence-electron chi connectivity index (χ2n) is 7.36. The Hall–Kier alpha value is -1.79. The van der Waals surface area contributed by atoms with Crippen molar-refractivity contribution < 1.29 is 4.74 Å². The SMILES string of the molecule is Cn1cncc1CN1CCC2(CC1)COC(Cc1cncnc1)C2. The molecule has 6 heteroatoms. The lowest BCUT2D eigenvalue weighted by atomic mass is 9.76. The van der Waals surface area contributed by atoms with Crippen LogP contribution < -0.4 is 0 Å². The fourth-order valence-electron chi connectivity index (χ4n) is 4.02. The van der Waals surface area contributed by atoms with Gasteiger partial charge >= 0.3 is 0 Å². The van der Waals surface area contributed by atoms with E-state index >= 15 is 0 Å². The molecule has 0 N–H and O–H groups in total. The van der Waals surface area contributed by atoms with Gasteiger partial charge in [-0.05, 0) is 43.3 Å². The number of piperidine rings is 1. The molecular formula is C18H25N5O. The van der Waals surface area contributed by atoms with Crippen molar-refractivity contribution in [2.45, 2.75) is 38.3 Å². The Morgan fingerprint density at radius 3 is 2.67 bits per heavy atom. The lowest BCUT2D eigenvalue weighted by Gasteiger charge is -2.38. The molecule has 6 nitrogen and oxygen atoms in total. The largest absolute Gasteiger partial charge is 0.377 e. The summed E-state index contributed by atoms with van der Waals surface area (Å²) in [5.74, 6) is 0. The molecule has 1 unspecified atom stereocenters. The highest BCUT2D eigenvalue weighted by atomic mass is 16.5. The molecule has 4 heterocycles. The van der Waals surface area contributed by atoms with Crippen LogP contribution in [0.3, 0.4) is 0 Å². The third-order valence-corrected chi connectivity index (χ3v) is 5.58. The molecule has 0 aromatic carbocycles. The molecule has 2 aliphatic heterocycles. The number of rotatable bonds is 4. The Morgan fingerprint density at radius 1 is 1.17 bits per heavy atom. The van der Waals surface area contributed by atoms with Crippen LogP contribution >= 0.6 is 0 Å². The number of hydrogen-bond donors (Lipinski definition) is 0. The van der Waals surface area contributed by atoms with Crippen molar-refractivity contribution in [3.8, 4) is 0 Å². The van der Waals surface area contributed by atoms with Gasteiger partial charge in [0, 0.05) is 38.6 Å². The van der Waals surface area contributed by atoms with E-state index in [2.05, 4.69) is 31.5 Å². The van der Waals surface area contributed by atoms with Gasteiger partial charge in [0.2, 0.25) is 0 Å². The highest BCUT2D eigenvalue weighted by Gasteiger charge is 2.42. The van der Waals surface area contributed by atoms with Gasteiger partial charge in [0.1, 0.15) is 6.33 Å². The molecule has 128 valence electrons. The van der Waals surface area contributed by atoms with Crippen LogP contribution in [0.15, 0.2) is 31.2 Å². The van der Waals surface area contributed by atoms with Gasteiger partial charge in [-0.15, -0.1) is 0 Å². The number of aryl methyl sites for hydroxylation is 1. The summed E-state index contributed by atoms with van der Waals surface area (Å²) in [7, 11) is 2.07. The van der Waals surface area contributed by atoms with Gasteiger partial charge < -0.3 is 9.30 Å². The number of nitrogens with zero attached hydrogens (tertiary/aromatic N) is 5. The van der Waals surface area contributed by atoms with E-state index in [1.54, 1.807) is 6.33 Å². The Labute approximate surface area is 142 Å². The maximum absolute atomic E-state index is 6.12. The summed E-state index contributed by atoms with van der Waals surface area (Å²) in [5.41, 5.74) is 2.84. The monoisotopic (exact) mass is 327 g/mol. The minimum atomic E-state index is 0.319. The summed E-state index contributed by atoms with van der Waals surface area (Å²) in [5, 5.41) is 0.